The molecule has 0 aromatic heterocycles. The van der Waals surface area contributed by atoms with Crippen LogP contribution in [0.15, 0.2) is 36.4 Å². The van der Waals surface area contributed by atoms with Gasteiger partial charge in [-0.05, 0) is 35.6 Å². The fourth-order valence-electron chi connectivity index (χ4n) is 4.49. The number of nitro benzene ring substituents is 1. The molecule has 154 valence electrons. The highest BCUT2D eigenvalue weighted by molar-refractivity contribution is 5.71. The van der Waals surface area contributed by atoms with E-state index < -0.39 is 4.92 Å². The molecule has 0 spiro atoms. The molecule has 0 saturated heterocycles. The van der Waals surface area contributed by atoms with Crippen LogP contribution in [0.3, 0.4) is 0 Å². The SMILES string of the molecule is COc1cc([C@@H]2Nc3c(C#N)cc([N+](=O)[O-])cc3[C@@H]3C=CC[C@@H]32)cc(OC)c1OC. The number of allylic oxidation sites excluding steroid dienone is 2. The van der Waals surface area contributed by atoms with Crippen molar-refractivity contribution in [1.82, 2.24) is 0 Å². The second-order valence-electron chi connectivity index (χ2n) is 7.26. The molecule has 1 aliphatic heterocycles. The molecule has 8 nitrogen and oxygen atoms in total. The highest BCUT2D eigenvalue weighted by atomic mass is 16.6. The number of nitriles is 1. The third-order valence-electron chi connectivity index (χ3n) is 5.83. The van der Waals surface area contributed by atoms with Crippen LogP contribution in [0.4, 0.5) is 11.4 Å². The van der Waals surface area contributed by atoms with Crippen LogP contribution in [0.1, 0.15) is 35.1 Å². The molecule has 0 radical (unpaired) electrons. The van der Waals surface area contributed by atoms with Crippen LogP contribution in [-0.4, -0.2) is 26.3 Å². The summed E-state index contributed by atoms with van der Waals surface area (Å²) < 4.78 is 16.4. The van der Waals surface area contributed by atoms with Crippen molar-refractivity contribution in [3.8, 4) is 23.3 Å². The molecule has 0 unspecified atom stereocenters. The molecule has 0 amide bonds. The van der Waals surface area contributed by atoms with Gasteiger partial charge in [0.05, 0.1) is 43.5 Å². The summed E-state index contributed by atoms with van der Waals surface area (Å²) in [4.78, 5) is 10.9. The first kappa shape index (κ1) is 19.6. The highest BCUT2D eigenvalue weighted by Crippen LogP contribution is 2.53. The minimum Gasteiger partial charge on any atom is -0.493 e. The van der Waals surface area contributed by atoms with Crippen LogP contribution < -0.4 is 19.5 Å². The van der Waals surface area contributed by atoms with Crippen LogP contribution in [0.5, 0.6) is 17.2 Å². The van der Waals surface area contributed by atoms with E-state index in [0.717, 1.165) is 17.5 Å². The quantitative estimate of drug-likeness (QED) is 0.447. The Morgan fingerprint density at radius 3 is 2.40 bits per heavy atom. The number of hydrogen-bond acceptors (Lipinski definition) is 7. The molecule has 30 heavy (non-hydrogen) atoms. The first-order chi connectivity index (χ1) is 14.5. The normalized spacial score (nSPS) is 21.1. The van der Waals surface area contributed by atoms with Crippen molar-refractivity contribution in [3.63, 3.8) is 0 Å². The molecule has 1 N–H and O–H groups in total. The Bertz CT molecular complexity index is 1060. The van der Waals surface area contributed by atoms with Crippen molar-refractivity contribution in [1.29, 1.82) is 5.26 Å². The molecule has 2 aliphatic rings. The van der Waals surface area contributed by atoms with E-state index in [0.29, 0.717) is 22.9 Å². The summed E-state index contributed by atoms with van der Waals surface area (Å²) in [6.45, 7) is 0. The van der Waals surface area contributed by atoms with Gasteiger partial charge in [0, 0.05) is 18.1 Å². The topological polar surface area (TPSA) is 107 Å². The highest BCUT2D eigenvalue weighted by Gasteiger charge is 2.40. The summed E-state index contributed by atoms with van der Waals surface area (Å²) in [7, 11) is 4.69. The van der Waals surface area contributed by atoms with Gasteiger partial charge in [0.15, 0.2) is 11.5 Å². The van der Waals surface area contributed by atoms with Crippen molar-refractivity contribution in [2.45, 2.75) is 18.4 Å². The molecule has 2 aromatic rings. The number of anilines is 1. The van der Waals surface area contributed by atoms with Crippen LogP contribution in [-0.2, 0) is 0 Å². The van der Waals surface area contributed by atoms with Gasteiger partial charge < -0.3 is 19.5 Å². The second kappa shape index (κ2) is 7.59. The van der Waals surface area contributed by atoms with E-state index in [1.54, 1.807) is 27.4 Å². The largest absolute Gasteiger partial charge is 0.493 e. The van der Waals surface area contributed by atoms with E-state index in [1.165, 1.54) is 6.07 Å². The van der Waals surface area contributed by atoms with Gasteiger partial charge in [-0.3, -0.25) is 10.1 Å². The van der Waals surface area contributed by atoms with Crippen LogP contribution in [0, 0.1) is 27.4 Å². The van der Waals surface area contributed by atoms with Crippen molar-refractivity contribution in [3.05, 3.63) is 63.2 Å². The van der Waals surface area contributed by atoms with Gasteiger partial charge in [-0.2, -0.15) is 5.26 Å². The van der Waals surface area contributed by atoms with Gasteiger partial charge in [0.25, 0.3) is 5.69 Å². The summed E-state index contributed by atoms with van der Waals surface area (Å²) in [6, 6.07) is 8.65. The molecule has 1 aliphatic carbocycles. The van der Waals surface area contributed by atoms with E-state index in [4.69, 9.17) is 14.2 Å². The molecule has 4 rings (SSSR count). The molecular weight excluding hydrogens is 386 g/mol. The summed E-state index contributed by atoms with van der Waals surface area (Å²) in [5.74, 6) is 1.71. The van der Waals surface area contributed by atoms with Gasteiger partial charge in [-0.1, -0.05) is 12.2 Å². The lowest BCUT2D eigenvalue weighted by Gasteiger charge is -2.38. The second-order valence-corrected chi connectivity index (χ2v) is 7.26. The van der Waals surface area contributed by atoms with Gasteiger partial charge in [0.2, 0.25) is 5.75 Å². The number of benzene rings is 2. The standard InChI is InChI=1S/C22H21N3O5/c1-28-18-8-12(9-19(29-2)22(18)30-3)20-16-6-4-5-15(16)17-10-14(25(26)27)7-13(11-23)21(17)24-20/h4-5,7-10,15-16,20,24H,6H2,1-3H3/t15-,16+,20+/m1/s1. The number of rotatable bonds is 5. The zero-order chi connectivity index (χ0) is 21.4. The van der Waals surface area contributed by atoms with Crippen LogP contribution in [0.25, 0.3) is 0 Å². The number of nitrogens with zero attached hydrogens (tertiary/aromatic N) is 2. The van der Waals surface area contributed by atoms with Gasteiger partial charge in [-0.25, -0.2) is 0 Å². The van der Waals surface area contributed by atoms with Crippen LogP contribution in [0.2, 0.25) is 0 Å². The monoisotopic (exact) mass is 407 g/mol. The Morgan fingerprint density at radius 1 is 1.13 bits per heavy atom. The Balaban J connectivity index is 1.86. The zero-order valence-corrected chi connectivity index (χ0v) is 16.8. The van der Waals surface area contributed by atoms with Gasteiger partial charge in [-0.15, -0.1) is 0 Å². The lowest BCUT2D eigenvalue weighted by Crippen LogP contribution is -2.29. The predicted molar refractivity (Wildman–Crippen MR) is 110 cm³/mol. The van der Waals surface area contributed by atoms with Crippen molar-refractivity contribution < 1.29 is 19.1 Å². The fraction of sp³-hybridized carbons (Fsp3) is 0.318. The number of hydrogen-bond donors (Lipinski definition) is 1. The van der Waals surface area contributed by atoms with E-state index >= 15 is 0 Å². The van der Waals surface area contributed by atoms with Gasteiger partial charge in [0.1, 0.15) is 6.07 Å². The minimum atomic E-state index is -0.458. The maximum Gasteiger partial charge on any atom is 0.271 e. The number of nitro groups is 1. The molecule has 8 heteroatoms. The molecule has 0 fully saturated rings. The van der Waals surface area contributed by atoms with E-state index in [9.17, 15) is 15.4 Å². The van der Waals surface area contributed by atoms with Crippen molar-refractivity contribution in [2.75, 3.05) is 26.6 Å². The first-order valence-corrected chi connectivity index (χ1v) is 9.47. The van der Waals surface area contributed by atoms with E-state index in [1.807, 2.05) is 12.1 Å². The molecule has 1 heterocycles. The third-order valence-corrected chi connectivity index (χ3v) is 5.83. The van der Waals surface area contributed by atoms with Crippen molar-refractivity contribution in [2.24, 2.45) is 5.92 Å². The number of ether oxygens (including phenoxy) is 3. The predicted octanol–water partition coefficient (Wildman–Crippen LogP) is 4.32. The lowest BCUT2D eigenvalue weighted by molar-refractivity contribution is -0.384. The molecule has 0 bridgehead atoms. The molecule has 2 aromatic carbocycles. The smallest absolute Gasteiger partial charge is 0.271 e. The van der Waals surface area contributed by atoms with E-state index in [-0.39, 0.29) is 29.1 Å². The Labute approximate surface area is 173 Å². The molecule has 0 saturated carbocycles. The maximum atomic E-state index is 11.4. The number of fused-ring (bicyclic) bond motifs is 3. The average molecular weight is 407 g/mol. The minimum absolute atomic E-state index is 0.0302. The summed E-state index contributed by atoms with van der Waals surface area (Å²) in [5, 5.41) is 24.5. The van der Waals surface area contributed by atoms with Crippen LogP contribution >= 0.6 is 0 Å². The molecule has 3 atom stereocenters. The number of methoxy groups -OCH3 is 3. The Morgan fingerprint density at radius 2 is 1.83 bits per heavy atom. The van der Waals surface area contributed by atoms with Gasteiger partial charge >= 0.3 is 0 Å². The zero-order valence-electron chi connectivity index (χ0n) is 16.8. The number of non-ortho nitro benzene ring substituents is 1. The Kier molecular flexibility index (Phi) is 4.96. The van der Waals surface area contributed by atoms with Crippen molar-refractivity contribution >= 4 is 11.4 Å². The fourth-order valence-corrected chi connectivity index (χ4v) is 4.49. The third kappa shape index (κ3) is 2.99. The summed E-state index contributed by atoms with van der Waals surface area (Å²) >= 11 is 0. The maximum absolute atomic E-state index is 11.4. The molecular formula is C22H21N3O5. The summed E-state index contributed by atoms with van der Waals surface area (Å²) in [5.41, 5.74) is 2.53. The average Bonchev–Trinajstić information content (AvgIpc) is 3.26. The Hall–Kier alpha value is -3.73. The summed E-state index contributed by atoms with van der Waals surface area (Å²) in [6.07, 6.45) is 4.96. The lowest BCUT2D eigenvalue weighted by atomic mass is 9.76. The first-order valence-electron chi connectivity index (χ1n) is 9.47. The van der Waals surface area contributed by atoms with E-state index in [2.05, 4.69) is 23.5 Å². The number of nitrogens with one attached hydrogen (secondary N) is 1.